The molecule has 12 atom stereocenters. The Balaban J connectivity index is 0.802. The van der Waals surface area contributed by atoms with Gasteiger partial charge in [0.05, 0.1) is 78.7 Å². The number of ketones is 6. The summed E-state index contributed by atoms with van der Waals surface area (Å²) >= 11 is 0. The number of nitrogens with zero attached hydrogens (tertiary/aromatic N) is 2. The first-order valence-electron chi connectivity index (χ1n) is 26.1. The Morgan fingerprint density at radius 2 is 0.962 bits per heavy atom. The number of hydrogen-bond donors (Lipinski definition) is 6. The van der Waals surface area contributed by atoms with Crippen molar-refractivity contribution in [1.29, 1.82) is 0 Å². The second-order valence-electron chi connectivity index (χ2n) is 21.9. The quantitative estimate of drug-likeness (QED) is 0.107. The minimum Gasteiger partial charge on any atom is -0.507 e. The maximum absolute atomic E-state index is 14.2. The molecular weight excluding hydrogens is 1030 g/mol. The second-order valence-corrected chi connectivity index (χ2v) is 21.9. The molecular formula is C57H58N2O20. The Bertz CT molecular complexity index is 3140. The highest BCUT2D eigenvalue weighted by Gasteiger charge is 2.55. The number of Topliss-reactive ketones (excluding diaryl/α,β-unsaturated/α-hetero) is 2. The van der Waals surface area contributed by atoms with E-state index in [0.29, 0.717) is 0 Å². The Labute approximate surface area is 451 Å². The molecule has 416 valence electrons. The normalized spacial score (nSPS) is 31.7. The minimum atomic E-state index is -2.11. The van der Waals surface area contributed by atoms with Gasteiger partial charge in [-0.05, 0) is 39.8 Å². The molecule has 0 bridgehead atoms. The standard InChI is InChI=1S/C57H58N2O20/c1-22-54-30(13-36(76-22)78-34-17-56(70,24(3)60)15-28-40(34)52(68)44-42(48(28)64)46(62)26-9-7-11-32(72-5)38(26)50(44)66)58(20-74-54)19-59-21-75-55-23(2)77-37(14-31(55)59)79-35-18-57(71,25(4)61)16-29-41(35)53(69)45-43(49(29)65)47(63)27-10-8-12-33(73-6)39(27)51(45)67/h7-12,22-23,30-31,34-37,54-55,64-65,68-71H,13-21H2,1-6H3/t22?,23?,30?,31?,34-,35-,36?,37?,54?,55?,56-,57-/m0/s1. The highest BCUT2D eigenvalue weighted by Crippen LogP contribution is 2.55. The average molecular weight is 1090 g/mol. The van der Waals surface area contributed by atoms with E-state index >= 15 is 0 Å². The molecule has 4 aliphatic carbocycles. The number of benzene rings is 4. The number of phenols is 4. The van der Waals surface area contributed by atoms with E-state index in [0.717, 1.165) is 0 Å². The Hall–Kier alpha value is -6.70. The van der Waals surface area contributed by atoms with Crippen molar-refractivity contribution in [3.63, 3.8) is 0 Å². The van der Waals surface area contributed by atoms with Crippen LogP contribution in [0, 0.1) is 0 Å². The van der Waals surface area contributed by atoms with Crippen molar-refractivity contribution in [1.82, 2.24) is 9.80 Å². The van der Waals surface area contributed by atoms with E-state index in [2.05, 4.69) is 9.80 Å². The Morgan fingerprint density at radius 3 is 1.33 bits per heavy atom. The monoisotopic (exact) mass is 1090 g/mol. The first kappa shape index (κ1) is 53.0. The summed E-state index contributed by atoms with van der Waals surface area (Å²) in [4.78, 5) is 86.9. The molecule has 6 N–H and O–H groups in total. The van der Waals surface area contributed by atoms with Gasteiger partial charge in [-0.25, -0.2) is 0 Å². The summed E-state index contributed by atoms with van der Waals surface area (Å²) < 4.78 is 49.5. The Kier molecular flexibility index (Phi) is 12.7. The number of rotatable bonds is 10. The lowest BCUT2D eigenvalue weighted by molar-refractivity contribution is -0.248. The fourth-order valence-electron chi connectivity index (χ4n) is 13.5. The molecule has 4 aromatic rings. The number of phenolic OH excluding ortho intramolecular Hbond substituents is 4. The fourth-order valence-corrected chi connectivity index (χ4v) is 13.5. The van der Waals surface area contributed by atoms with Crippen LogP contribution in [0.15, 0.2) is 36.4 Å². The summed E-state index contributed by atoms with van der Waals surface area (Å²) in [6.07, 6.45) is -8.33. The maximum atomic E-state index is 14.2. The van der Waals surface area contributed by atoms with Crippen LogP contribution in [0.5, 0.6) is 34.5 Å². The summed E-state index contributed by atoms with van der Waals surface area (Å²) in [6.45, 7) is 6.55. The van der Waals surface area contributed by atoms with Crippen molar-refractivity contribution in [2.45, 2.75) is 139 Å². The Morgan fingerprint density at radius 1 is 0.582 bits per heavy atom. The van der Waals surface area contributed by atoms with E-state index in [1.807, 2.05) is 0 Å². The van der Waals surface area contributed by atoms with Crippen LogP contribution in [0.1, 0.15) is 152 Å². The molecule has 4 heterocycles. The van der Waals surface area contributed by atoms with Crippen LogP contribution in [0.3, 0.4) is 0 Å². The third-order valence-corrected chi connectivity index (χ3v) is 17.5. The minimum absolute atomic E-state index is 0.0554. The number of aromatic hydroxyl groups is 4. The first-order chi connectivity index (χ1) is 37.6. The summed E-state index contributed by atoms with van der Waals surface area (Å²) in [7, 11) is 2.66. The van der Waals surface area contributed by atoms with E-state index in [1.165, 1.54) is 64.5 Å². The van der Waals surface area contributed by atoms with Gasteiger partial charge in [-0.2, -0.15) is 0 Å². The summed E-state index contributed by atoms with van der Waals surface area (Å²) in [5, 5.41) is 71.6. The zero-order chi connectivity index (χ0) is 56.0. The van der Waals surface area contributed by atoms with Gasteiger partial charge >= 0.3 is 0 Å². The van der Waals surface area contributed by atoms with Crippen LogP contribution in [-0.4, -0.2) is 170 Å². The largest absolute Gasteiger partial charge is 0.507 e. The molecule has 8 aliphatic rings. The number of carbonyl (C=O) groups is 6. The summed E-state index contributed by atoms with van der Waals surface area (Å²) in [5.41, 5.74) is -6.80. The smallest absolute Gasteiger partial charge is 0.202 e. The van der Waals surface area contributed by atoms with Crippen LogP contribution in [0.4, 0.5) is 0 Å². The van der Waals surface area contributed by atoms with Crippen molar-refractivity contribution in [2.75, 3.05) is 34.3 Å². The van der Waals surface area contributed by atoms with E-state index in [1.54, 1.807) is 13.8 Å². The van der Waals surface area contributed by atoms with Crippen molar-refractivity contribution >= 4 is 34.7 Å². The molecule has 4 aromatic carbocycles. The van der Waals surface area contributed by atoms with Gasteiger partial charge in [0.15, 0.2) is 35.7 Å². The van der Waals surface area contributed by atoms with Gasteiger partial charge in [0.1, 0.15) is 71.4 Å². The van der Waals surface area contributed by atoms with Crippen molar-refractivity contribution in [2.24, 2.45) is 0 Å². The number of hydrogen-bond acceptors (Lipinski definition) is 22. The summed E-state index contributed by atoms with van der Waals surface area (Å²) in [6, 6.07) is 8.09. The summed E-state index contributed by atoms with van der Waals surface area (Å²) in [5.74, 6) is -6.86. The highest BCUT2D eigenvalue weighted by atomic mass is 16.7. The van der Waals surface area contributed by atoms with Gasteiger partial charge in [-0.3, -0.25) is 38.6 Å². The van der Waals surface area contributed by atoms with Gasteiger partial charge < -0.3 is 68.5 Å². The lowest BCUT2D eigenvalue weighted by Crippen LogP contribution is -2.55. The third-order valence-electron chi connectivity index (χ3n) is 17.5. The second kappa shape index (κ2) is 19.0. The predicted molar refractivity (Wildman–Crippen MR) is 268 cm³/mol. The van der Waals surface area contributed by atoms with Crippen LogP contribution < -0.4 is 9.47 Å². The number of aliphatic hydroxyl groups is 2. The molecule has 4 fully saturated rings. The van der Waals surface area contributed by atoms with Gasteiger partial charge in [0.2, 0.25) is 11.6 Å². The van der Waals surface area contributed by atoms with E-state index in [4.69, 9.17) is 37.9 Å². The molecule has 0 saturated carbocycles. The molecule has 79 heavy (non-hydrogen) atoms. The van der Waals surface area contributed by atoms with Crippen molar-refractivity contribution in [3.8, 4) is 34.5 Å². The van der Waals surface area contributed by atoms with Gasteiger partial charge in [-0.15, -0.1) is 0 Å². The first-order valence-corrected chi connectivity index (χ1v) is 26.1. The SMILES string of the molecule is COc1cccc2c1C(=O)c1c(O)c3c(c(O)c1C2=O)C[C@@](O)(C(C)=O)C[C@@H]3OC1CC2C(OCN2CN2COC3C(C)OC(O[C@H]4C[C@](O)(C(C)=O)Cc5c(O)c6c(c(O)c54)C(=O)c4c(OC)cccc4C6=O)CC32)C(C)O1. The van der Waals surface area contributed by atoms with Gasteiger partial charge in [-0.1, -0.05) is 24.3 Å². The number of methoxy groups -OCH3 is 2. The zero-order valence-corrected chi connectivity index (χ0v) is 43.9. The van der Waals surface area contributed by atoms with Crippen LogP contribution >= 0.6 is 0 Å². The molecule has 22 heteroatoms. The van der Waals surface area contributed by atoms with Crippen molar-refractivity contribution < 1.29 is 97.3 Å². The van der Waals surface area contributed by atoms with Gasteiger partial charge in [0.25, 0.3) is 0 Å². The third kappa shape index (κ3) is 7.97. The molecule has 8 unspecified atom stereocenters. The topological polar surface area (TPSA) is 304 Å². The number of ether oxygens (including phenoxy) is 8. The van der Waals surface area contributed by atoms with Crippen LogP contribution in [0.2, 0.25) is 0 Å². The lowest BCUT2D eigenvalue weighted by Gasteiger charge is -2.44. The van der Waals surface area contributed by atoms with Crippen LogP contribution in [0.25, 0.3) is 0 Å². The molecule has 4 saturated heterocycles. The molecule has 4 aliphatic heterocycles. The number of fused-ring (bicyclic) bond motifs is 8. The molecule has 22 nitrogen and oxygen atoms in total. The highest BCUT2D eigenvalue weighted by molar-refractivity contribution is 6.32. The van der Waals surface area contributed by atoms with E-state index < -0.39 is 166 Å². The zero-order valence-electron chi connectivity index (χ0n) is 43.9. The van der Waals surface area contributed by atoms with E-state index in [-0.39, 0.29) is 101 Å². The van der Waals surface area contributed by atoms with Gasteiger partial charge in [0, 0.05) is 84.0 Å². The number of carbonyl (C=O) groups excluding carboxylic acids is 6. The molecule has 12 rings (SSSR count). The van der Waals surface area contributed by atoms with Crippen molar-refractivity contribution in [3.05, 3.63) is 103 Å². The molecule has 0 spiro atoms. The fraction of sp³-hybridized carbons (Fsp3) is 0.474. The molecule has 0 amide bonds. The molecule has 0 aromatic heterocycles. The molecule has 0 radical (unpaired) electrons. The van der Waals surface area contributed by atoms with E-state index in [9.17, 15) is 59.4 Å². The van der Waals surface area contributed by atoms with Crippen LogP contribution in [-0.2, 0) is 50.9 Å². The average Bonchev–Trinajstić information content (AvgIpc) is 4.21. The lowest BCUT2D eigenvalue weighted by atomic mass is 9.72. The predicted octanol–water partition coefficient (Wildman–Crippen LogP) is 3.71. The maximum Gasteiger partial charge on any atom is 0.202 e.